The summed E-state index contributed by atoms with van der Waals surface area (Å²) < 4.78 is 5.60. The molecule has 100 valence electrons. The molecule has 0 aliphatic carbocycles. The molecule has 0 radical (unpaired) electrons. The van der Waals surface area contributed by atoms with Crippen molar-refractivity contribution in [2.24, 2.45) is 5.73 Å². The molecule has 2 N–H and O–H groups in total. The van der Waals surface area contributed by atoms with Gasteiger partial charge in [0.1, 0.15) is 11.5 Å². The summed E-state index contributed by atoms with van der Waals surface area (Å²) in [6.07, 6.45) is 1.54. The molecule has 5 nitrogen and oxygen atoms in total. The van der Waals surface area contributed by atoms with Crippen LogP contribution in [0.5, 0.6) is 0 Å². The van der Waals surface area contributed by atoms with Gasteiger partial charge in [-0.3, -0.25) is 10.1 Å². The molecule has 1 heterocycles. The summed E-state index contributed by atoms with van der Waals surface area (Å²) in [5, 5.41) is 11.3. The van der Waals surface area contributed by atoms with Crippen molar-refractivity contribution in [1.29, 1.82) is 0 Å². The Bertz CT molecular complexity index is 595. The zero-order valence-electron chi connectivity index (χ0n) is 10.1. The molecule has 0 unspecified atom stereocenters. The number of nitro benzene ring substituents is 1. The third-order valence-corrected chi connectivity index (χ3v) is 2.95. The van der Waals surface area contributed by atoms with E-state index in [2.05, 4.69) is 0 Å². The van der Waals surface area contributed by atoms with Gasteiger partial charge in [0.2, 0.25) is 0 Å². The monoisotopic (exact) mass is 280 g/mol. The fourth-order valence-electron chi connectivity index (χ4n) is 1.80. The highest BCUT2D eigenvalue weighted by atomic mass is 35.5. The Morgan fingerprint density at radius 2 is 2.11 bits per heavy atom. The van der Waals surface area contributed by atoms with E-state index in [0.717, 1.165) is 18.6 Å². The maximum absolute atomic E-state index is 11.0. The van der Waals surface area contributed by atoms with E-state index in [9.17, 15) is 10.1 Å². The molecule has 19 heavy (non-hydrogen) atoms. The number of nitrogens with zero attached hydrogens (tertiary/aromatic N) is 1. The van der Waals surface area contributed by atoms with Crippen molar-refractivity contribution in [3.05, 3.63) is 51.2 Å². The van der Waals surface area contributed by atoms with Crippen LogP contribution in [0.15, 0.2) is 34.7 Å². The molecule has 0 amide bonds. The average molecular weight is 281 g/mol. The topological polar surface area (TPSA) is 82.3 Å². The number of hydrogen-bond acceptors (Lipinski definition) is 4. The maximum atomic E-state index is 11.0. The van der Waals surface area contributed by atoms with Gasteiger partial charge < -0.3 is 10.2 Å². The van der Waals surface area contributed by atoms with Crippen LogP contribution in [0.4, 0.5) is 5.69 Å². The van der Waals surface area contributed by atoms with E-state index < -0.39 is 4.92 Å². The van der Waals surface area contributed by atoms with Crippen LogP contribution in [0.3, 0.4) is 0 Å². The van der Waals surface area contributed by atoms with E-state index in [0.29, 0.717) is 22.9 Å². The van der Waals surface area contributed by atoms with E-state index in [4.69, 9.17) is 21.8 Å². The standard InChI is InChI=1S/C13H13ClN2O3/c14-9-3-5-11(12(8-9)16(17)18)13-6-4-10(19-13)2-1-7-15/h3-6,8H,1-2,7,15H2. The zero-order chi connectivity index (χ0) is 13.8. The van der Waals surface area contributed by atoms with Crippen molar-refractivity contribution in [1.82, 2.24) is 0 Å². The first-order valence-corrected chi connectivity index (χ1v) is 6.22. The van der Waals surface area contributed by atoms with E-state index in [1.165, 1.54) is 6.07 Å². The third kappa shape index (κ3) is 3.13. The predicted molar refractivity (Wildman–Crippen MR) is 73.2 cm³/mol. The van der Waals surface area contributed by atoms with Gasteiger partial charge in [-0.15, -0.1) is 0 Å². The first-order valence-electron chi connectivity index (χ1n) is 5.85. The molecule has 1 aromatic carbocycles. The van der Waals surface area contributed by atoms with Crippen LogP contribution in [0, 0.1) is 10.1 Å². The molecule has 0 aliphatic rings. The lowest BCUT2D eigenvalue weighted by atomic mass is 10.1. The van der Waals surface area contributed by atoms with Crippen molar-refractivity contribution in [3.63, 3.8) is 0 Å². The Morgan fingerprint density at radius 3 is 2.79 bits per heavy atom. The molecule has 2 rings (SSSR count). The van der Waals surface area contributed by atoms with Crippen LogP contribution in [-0.2, 0) is 6.42 Å². The average Bonchev–Trinajstić information content (AvgIpc) is 2.84. The predicted octanol–water partition coefficient (Wildman–Crippen LogP) is 3.40. The minimum Gasteiger partial charge on any atom is -0.461 e. The second-order valence-corrected chi connectivity index (χ2v) is 4.51. The summed E-state index contributed by atoms with van der Waals surface area (Å²) in [5.41, 5.74) is 5.79. The van der Waals surface area contributed by atoms with Gasteiger partial charge in [-0.2, -0.15) is 0 Å². The second-order valence-electron chi connectivity index (χ2n) is 4.08. The molecule has 1 aromatic heterocycles. The molecule has 0 bridgehead atoms. The number of furan rings is 1. The Hall–Kier alpha value is -1.85. The number of rotatable bonds is 5. The quantitative estimate of drug-likeness (QED) is 0.672. The van der Waals surface area contributed by atoms with Crippen molar-refractivity contribution in [2.45, 2.75) is 12.8 Å². The summed E-state index contributed by atoms with van der Waals surface area (Å²) in [7, 11) is 0. The molecular formula is C13H13ClN2O3. The second kappa shape index (κ2) is 5.86. The molecular weight excluding hydrogens is 268 g/mol. The summed E-state index contributed by atoms with van der Waals surface area (Å²) >= 11 is 5.77. The number of hydrogen-bond donors (Lipinski definition) is 1. The van der Waals surface area contributed by atoms with Gasteiger partial charge in [0.05, 0.1) is 10.5 Å². The van der Waals surface area contributed by atoms with E-state index in [1.54, 1.807) is 18.2 Å². The smallest absolute Gasteiger partial charge is 0.281 e. The highest BCUT2D eigenvalue weighted by Gasteiger charge is 2.18. The van der Waals surface area contributed by atoms with Crippen LogP contribution in [0.1, 0.15) is 12.2 Å². The summed E-state index contributed by atoms with van der Waals surface area (Å²) in [6.45, 7) is 0.580. The fraction of sp³-hybridized carbons (Fsp3) is 0.231. The third-order valence-electron chi connectivity index (χ3n) is 2.71. The van der Waals surface area contributed by atoms with Gasteiger partial charge in [0, 0.05) is 17.5 Å². The van der Waals surface area contributed by atoms with Gasteiger partial charge in [-0.05, 0) is 37.2 Å². The number of nitro groups is 1. The number of benzene rings is 1. The Labute approximate surface area is 115 Å². The minimum atomic E-state index is -0.469. The molecule has 0 saturated carbocycles. The lowest BCUT2D eigenvalue weighted by molar-refractivity contribution is -0.384. The molecule has 0 spiro atoms. The Kier molecular flexibility index (Phi) is 4.19. The normalized spacial score (nSPS) is 10.6. The number of nitrogens with two attached hydrogens (primary N) is 1. The SMILES string of the molecule is NCCCc1ccc(-c2ccc(Cl)cc2[N+](=O)[O-])o1. The largest absolute Gasteiger partial charge is 0.461 e. The van der Waals surface area contributed by atoms with E-state index in [1.807, 2.05) is 6.07 Å². The van der Waals surface area contributed by atoms with E-state index >= 15 is 0 Å². The molecule has 2 aromatic rings. The van der Waals surface area contributed by atoms with Crippen LogP contribution >= 0.6 is 11.6 Å². The first-order chi connectivity index (χ1) is 9.11. The Balaban J connectivity index is 2.36. The molecule has 0 saturated heterocycles. The van der Waals surface area contributed by atoms with Crippen molar-refractivity contribution >= 4 is 17.3 Å². The van der Waals surface area contributed by atoms with Crippen LogP contribution in [-0.4, -0.2) is 11.5 Å². The van der Waals surface area contributed by atoms with Gasteiger partial charge in [-0.1, -0.05) is 11.6 Å². The van der Waals surface area contributed by atoms with E-state index in [-0.39, 0.29) is 5.69 Å². The lowest BCUT2D eigenvalue weighted by Crippen LogP contribution is -1.99. The highest BCUT2D eigenvalue weighted by molar-refractivity contribution is 6.30. The fourth-order valence-corrected chi connectivity index (χ4v) is 1.96. The van der Waals surface area contributed by atoms with Gasteiger partial charge in [0.15, 0.2) is 0 Å². The highest BCUT2D eigenvalue weighted by Crippen LogP contribution is 2.33. The summed E-state index contributed by atoms with van der Waals surface area (Å²) in [6, 6.07) is 8.04. The molecule has 0 fully saturated rings. The van der Waals surface area contributed by atoms with Gasteiger partial charge in [-0.25, -0.2) is 0 Å². The first kappa shape index (κ1) is 13.6. The molecule has 0 atom stereocenters. The zero-order valence-corrected chi connectivity index (χ0v) is 10.9. The van der Waals surface area contributed by atoms with Gasteiger partial charge >= 0.3 is 0 Å². The number of aryl methyl sites for hydroxylation is 1. The minimum absolute atomic E-state index is 0.0628. The summed E-state index contributed by atoms with van der Waals surface area (Å²) in [4.78, 5) is 10.5. The van der Waals surface area contributed by atoms with Gasteiger partial charge in [0.25, 0.3) is 5.69 Å². The Morgan fingerprint density at radius 1 is 1.32 bits per heavy atom. The maximum Gasteiger partial charge on any atom is 0.281 e. The van der Waals surface area contributed by atoms with Crippen LogP contribution in [0.2, 0.25) is 5.02 Å². The van der Waals surface area contributed by atoms with Crippen LogP contribution < -0.4 is 5.73 Å². The summed E-state index contributed by atoms with van der Waals surface area (Å²) in [5.74, 6) is 1.24. The number of halogens is 1. The van der Waals surface area contributed by atoms with Crippen molar-refractivity contribution < 1.29 is 9.34 Å². The van der Waals surface area contributed by atoms with Crippen LogP contribution in [0.25, 0.3) is 11.3 Å². The molecule has 0 aliphatic heterocycles. The lowest BCUT2D eigenvalue weighted by Gasteiger charge is -2.00. The molecule has 6 heteroatoms. The van der Waals surface area contributed by atoms with Crippen molar-refractivity contribution in [2.75, 3.05) is 6.54 Å². The van der Waals surface area contributed by atoms with Crippen molar-refractivity contribution in [3.8, 4) is 11.3 Å².